The van der Waals surface area contributed by atoms with Crippen LogP contribution in [0.1, 0.15) is 5.56 Å². The highest BCUT2D eigenvalue weighted by Gasteiger charge is 2.00. The molecule has 0 aliphatic rings. The van der Waals surface area contributed by atoms with Gasteiger partial charge in [0.05, 0.1) is 5.52 Å². The van der Waals surface area contributed by atoms with E-state index in [0.29, 0.717) is 5.58 Å². The molecule has 3 nitrogen and oxygen atoms in total. The number of fused-ring (bicyclic) bond motifs is 1. The number of para-hydroxylation sites is 1. The molecule has 1 N–H and O–H groups in total. The Balaban J connectivity index is 0.000000720. The number of benzene rings is 1. The number of H-pyrrole nitrogens is 1. The molecule has 0 bridgehead atoms. The Morgan fingerprint density at radius 2 is 2.17 bits per heavy atom. The molecule has 0 spiro atoms. The van der Waals surface area contributed by atoms with E-state index in [4.69, 9.17) is 4.42 Å². The zero-order valence-corrected chi connectivity index (χ0v) is 6.46. The van der Waals surface area contributed by atoms with Crippen molar-refractivity contribution in [1.82, 2.24) is 4.98 Å². The minimum atomic E-state index is -0.394. The molecule has 2 rings (SSSR count). The zero-order valence-electron chi connectivity index (χ0n) is 6.46. The highest BCUT2D eigenvalue weighted by molar-refractivity contribution is 5.75. The van der Waals surface area contributed by atoms with E-state index >= 15 is 0 Å². The fourth-order valence-corrected chi connectivity index (χ4v) is 1.11. The molecule has 12 heavy (non-hydrogen) atoms. The Bertz CT molecular complexity index is 443. The quantitative estimate of drug-likeness (QED) is 0.650. The number of nitrogens with one attached hydrogen (secondary N) is 1. The van der Waals surface area contributed by atoms with Gasteiger partial charge in [0.15, 0.2) is 5.58 Å². The monoisotopic (exact) mass is 169 g/mol. The van der Waals surface area contributed by atoms with Gasteiger partial charge >= 0.3 is 5.76 Å². The van der Waals surface area contributed by atoms with Crippen LogP contribution >= 0.6 is 0 Å². The van der Waals surface area contributed by atoms with Crippen molar-refractivity contribution >= 4 is 11.1 Å². The van der Waals surface area contributed by atoms with E-state index < -0.39 is 5.76 Å². The molecule has 64 valence electrons. The number of halogens is 1. The van der Waals surface area contributed by atoms with Gasteiger partial charge in [-0.15, -0.1) is 0 Å². The molecule has 0 unspecified atom stereocenters. The van der Waals surface area contributed by atoms with Crippen LogP contribution in [0.4, 0.5) is 4.70 Å². The molecule has 0 saturated heterocycles. The minimum Gasteiger partial charge on any atom is -0.408 e. The van der Waals surface area contributed by atoms with Gasteiger partial charge in [-0.05, 0) is 18.6 Å². The lowest BCUT2D eigenvalue weighted by Gasteiger charge is -1.89. The molecule has 1 heterocycles. The van der Waals surface area contributed by atoms with E-state index in [0.717, 1.165) is 11.1 Å². The summed E-state index contributed by atoms with van der Waals surface area (Å²) in [6.07, 6.45) is 0. The molecule has 0 radical (unpaired) electrons. The molecule has 1 aromatic carbocycles. The average Bonchev–Trinajstić information content (AvgIpc) is 2.31. The molecule has 0 aliphatic carbocycles. The van der Waals surface area contributed by atoms with Gasteiger partial charge in [0.1, 0.15) is 0 Å². The van der Waals surface area contributed by atoms with Crippen LogP contribution in [0.5, 0.6) is 0 Å². The van der Waals surface area contributed by atoms with Gasteiger partial charge in [0.2, 0.25) is 0 Å². The summed E-state index contributed by atoms with van der Waals surface area (Å²) in [5, 5.41) is 0. The second-order valence-corrected chi connectivity index (χ2v) is 2.47. The second kappa shape index (κ2) is 2.81. The third-order valence-electron chi connectivity index (χ3n) is 1.64. The Morgan fingerprint density at radius 3 is 2.83 bits per heavy atom. The third-order valence-corrected chi connectivity index (χ3v) is 1.64. The van der Waals surface area contributed by atoms with Crippen molar-refractivity contribution in [3.05, 3.63) is 34.3 Å². The number of hydrogen-bond donors (Lipinski definition) is 1. The van der Waals surface area contributed by atoms with Gasteiger partial charge in [-0.3, -0.25) is 9.69 Å². The van der Waals surface area contributed by atoms with Crippen molar-refractivity contribution < 1.29 is 9.12 Å². The first kappa shape index (κ1) is 8.52. The van der Waals surface area contributed by atoms with Crippen LogP contribution in [-0.4, -0.2) is 4.98 Å². The highest BCUT2D eigenvalue weighted by atomic mass is 19.0. The van der Waals surface area contributed by atoms with E-state index in [1.807, 2.05) is 25.1 Å². The molecule has 4 heteroatoms. The van der Waals surface area contributed by atoms with Crippen molar-refractivity contribution in [2.45, 2.75) is 6.92 Å². The summed E-state index contributed by atoms with van der Waals surface area (Å²) in [6.45, 7) is 1.90. The number of aromatic nitrogens is 1. The standard InChI is InChI=1S/C8H7NO2.FH/c1-5-3-2-4-6-7(5)11-8(10)9-6;/h2-4H,1H3,(H,9,10);1H. The molecule has 0 saturated carbocycles. The van der Waals surface area contributed by atoms with Crippen molar-refractivity contribution in [2.24, 2.45) is 0 Å². The van der Waals surface area contributed by atoms with Crippen LogP contribution in [0.25, 0.3) is 11.1 Å². The zero-order chi connectivity index (χ0) is 7.84. The maximum absolute atomic E-state index is 10.7. The fraction of sp³-hybridized carbons (Fsp3) is 0.125. The van der Waals surface area contributed by atoms with Gasteiger partial charge in [-0.1, -0.05) is 12.1 Å². The minimum absolute atomic E-state index is 0. The summed E-state index contributed by atoms with van der Waals surface area (Å²) in [5.74, 6) is -0.394. The topological polar surface area (TPSA) is 46.0 Å². The number of hydrogen-bond acceptors (Lipinski definition) is 2. The van der Waals surface area contributed by atoms with Crippen LogP contribution in [0.3, 0.4) is 0 Å². The molecule has 1 aromatic heterocycles. The van der Waals surface area contributed by atoms with Crippen LogP contribution in [0, 0.1) is 6.92 Å². The second-order valence-electron chi connectivity index (χ2n) is 2.47. The molecule has 0 aliphatic heterocycles. The molecular formula is C8H8FNO2. The van der Waals surface area contributed by atoms with E-state index in [-0.39, 0.29) is 4.70 Å². The van der Waals surface area contributed by atoms with Crippen molar-refractivity contribution in [2.75, 3.05) is 0 Å². The molecule has 0 atom stereocenters. The van der Waals surface area contributed by atoms with Gasteiger partial charge in [0, 0.05) is 0 Å². The van der Waals surface area contributed by atoms with E-state index in [2.05, 4.69) is 4.98 Å². The Labute approximate surface area is 67.4 Å². The fourth-order valence-electron chi connectivity index (χ4n) is 1.11. The molecule has 0 fully saturated rings. The number of aromatic amines is 1. The molecular weight excluding hydrogens is 161 g/mol. The van der Waals surface area contributed by atoms with E-state index in [9.17, 15) is 4.79 Å². The van der Waals surface area contributed by atoms with Gasteiger partial charge in [-0.25, -0.2) is 4.79 Å². The Hall–Kier alpha value is -1.58. The maximum atomic E-state index is 10.7. The van der Waals surface area contributed by atoms with Gasteiger partial charge in [0.25, 0.3) is 0 Å². The predicted octanol–water partition coefficient (Wildman–Crippen LogP) is 1.58. The maximum Gasteiger partial charge on any atom is 0.417 e. The molecule has 2 aromatic rings. The first-order valence-electron chi connectivity index (χ1n) is 3.36. The number of aryl methyl sites for hydroxylation is 1. The SMILES string of the molecule is Cc1cccc2[nH]c(=O)oc12.F. The Kier molecular flexibility index (Phi) is 1.99. The lowest BCUT2D eigenvalue weighted by atomic mass is 10.2. The lowest BCUT2D eigenvalue weighted by Crippen LogP contribution is -1.92. The summed E-state index contributed by atoms with van der Waals surface area (Å²) in [4.78, 5) is 13.3. The summed E-state index contributed by atoms with van der Waals surface area (Å²) in [7, 11) is 0. The first-order chi connectivity index (χ1) is 5.27. The summed E-state index contributed by atoms with van der Waals surface area (Å²) in [6, 6.07) is 5.59. The van der Waals surface area contributed by atoms with Crippen LogP contribution in [0.2, 0.25) is 0 Å². The Morgan fingerprint density at radius 1 is 1.42 bits per heavy atom. The van der Waals surface area contributed by atoms with Gasteiger partial charge in [-0.2, -0.15) is 0 Å². The highest BCUT2D eigenvalue weighted by Crippen LogP contribution is 2.13. The third kappa shape index (κ3) is 1.11. The normalized spacial score (nSPS) is 9.75. The largest absolute Gasteiger partial charge is 0.417 e. The number of oxazole rings is 1. The van der Waals surface area contributed by atoms with Gasteiger partial charge < -0.3 is 4.42 Å². The van der Waals surface area contributed by atoms with Crippen LogP contribution < -0.4 is 5.76 Å². The first-order valence-corrected chi connectivity index (χ1v) is 3.36. The van der Waals surface area contributed by atoms with Crippen molar-refractivity contribution in [3.63, 3.8) is 0 Å². The van der Waals surface area contributed by atoms with Crippen molar-refractivity contribution in [1.29, 1.82) is 0 Å². The lowest BCUT2D eigenvalue weighted by molar-refractivity contribution is 0.553. The average molecular weight is 169 g/mol. The van der Waals surface area contributed by atoms with E-state index in [1.165, 1.54) is 0 Å². The van der Waals surface area contributed by atoms with Crippen LogP contribution in [-0.2, 0) is 0 Å². The predicted molar refractivity (Wildman–Crippen MR) is 44.1 cm³/mol. The summed E-state index contributed by atoms with van der Waals surface area (Å²) < 4.78 is 4.89. The van der Waals surface area contributed by atoms with Crippen molar-refractivity contribution in [3.8, 4) is 0 Å². The van der Waals surface area contributed by atoms with E-state index in [1.54, 1.807) is 0 Å². The number of rotatable bonds is 0. The summed E-state index contributed by atoms with van der Waals surface area (Å²) >= 11 is 0. The summed E-state index contributed by atoms with van der Waals surface area (Å²) in [5.41, 5.74) is 2.38. The van der Waals surface area contributed by atoms with Crippen LogP contribution in [0.15, 0.2) is 27.4 Å². The smallest absolute Gasteiger partial charge is 0.408 e. The molecule has 0 amide bonds.